The largest absolute Gasteiger partial charge is 0.376 e. The van der Waals surface area contributed by atoms with Crippen LogP contribution in [-0.2, 0) is 25.5 Å². The lowest BCUT2D eigenvalue weighted by Crippen LogP contribution is -2.40. The van der Waals surface area contributed by atoms with E-state index in [1.165, 1.54) is 0 Å². The van der Waals surface area contributed by atoms with E-state index in [0.717, 1.165) is 38.2 Å². The maximum Gasteiger partial charge on any atom is 0.246 e. The topological polar surface area (TPSA) is 74.6 Å². The van der Waals surface area contributed by atoms with Gasteiger partial charge in [0.05, 0.1) is 18.8 Å². The third-order valence-corrected chi connectivity index (χ3v) is 4.34. The molecule has 0 saturated carbocycles. The van der Waals surface area contributed by atoms with Gasteiger partial charge in [0.2, 0.25) is 5.91 Å². The van der Waals surface area contributed by atoms with Gasteiger partial charge < -0.3 is 24.1 Å². The molecule has 1 aromatic rings. The zero-order valence-electron chi connectivity index (χ0n) is 13.6. The number of imidazole rings is 1. The van der Waals surface area contributed by atoms with Crippen LogP contribution < -0.4 is 5.32 Å². The van der Waals surface area contributed by atoms with Crippen LogP contribution in [-0.4, -0.2) is 54.0 Å². The third kappa shape index (κ3) is 4.10. The lowest BCUT2D eigenvalue weighted by atomic mass is 10.1. The molecule has 3 rings (SSSR count). The molecule has 3 heterocycles. The molecule has 3 atom stereocenters. The van der Waals surface area contributed by atoms with Crippen LogP contribution in [0.15, 0.2) is 12.4 Å². The minimum absolute atomic E-state index is 0.0541. The number of carbonyl (C=O) groups is 1. The fourth-order valence-electron chi connectivity index (χ4n) is 3.14. The van der Waals surface area contributed by atoms with Gasteiger partial charge in [-0.2, -0.15) is 0 Å². The van der Waals surface area contributed by atoms with Crippen LogP contribution in [0.25, 0.3) is 0 Å². The van der Waals surface area contributed by atoms with E-state index < -0.39 is 0 Å². The van der Waals surface area contributed by atoms with Crippen LogP contribution in [0, 0.1) is 0 Å². The fraction of sp³-hybridized carbons (Fsp3) is 0.750. The van der Waals surface area contributed by atoms with Crippen molar-refractivity contribution in [2.24, 2.45) is 0 Å². The molecule has 0 radical (unpaired) electrons. The zero-order chi connectivity index (χ0) is 16.1. The molecule has 7 nitrogen and oxygen atoms in total. The fourth-order valence-corrected chi connectivity index (χ4v) is 3.14. The monoisotopic (exact) mass is 323 g/mol. The van der Waals surface area contributed by atoms with Crippen LogP contribution in [0.2, 0.25) is 0 Å². The van der Waals surface area contributed by atoms with Crippen LogP contribution in [0.5, 0.6) is 0 Å². The Bertz CT molecular complexity index is 513. The molecule has 1 amide bonds. The number of rotatable bonds is 7. The zero-order valence-corrected chi connectivity index (χ0v) is 13.6. The second-order valence-electron chi connectivity index (χ2n) is 5.98. The first kappa shape index (κ1) is 16.4. The molecule has 0 spiro atoms. The Hall–Kier alpha value is -1.44. The van der Waals surface area contributed by atoms with Gasteiger partial charge in [0.25, 0.3) is 0 Å². The Morgan fingerprint density at radius 3 is 3.13 bits per heavy atom. The maximum atomic E-state index is 12.1. The molecule has 2 aliphatic heterocycles. The van der Waals surface area contributed by atoms with Gasteiger partial charge in [0, 0.05) is 32.2 Å². The highest BCUT2D eigenvalue weighted by Gasteiger charge is 2.33. The van der Waals surface area contributed by atoms with E-state index in [1.54, 1.807) is 6.20 Å². The van der Waals surface area contributed by atoms with Gasteiger partial charge in [0.15, 0.2) is 0 Å². The molecule has 2 saturated heterocycles. The summed E-state index contributed by atoms with van der Waals surface area (Å²) in [6, 6.07) is -0.0541. The Labute approximate surface area is 136 Å². The summed E-state index contributed by atoms with van der Waals surface area (Å²) in [5.41, 5.74) is 0. The van der Waals surface area contributed by atoms with Crippen LogP contribution >= 0.6 is 0 Å². The number of nitrogens with zero attached hydrogens (tertiary/aromatic N) is 2. The molecule has 1 N–H and O–H groups in total. The first-order chi connectivity index (χ1) is 11.3. The molecule has 0 aliphatic carbocycles. The van der Waals surface area contributed by atoms with E-state index in [2.05, 4.69) is 17.2 Å². The first-order valence-corrected chi connectivity index (χ1v) is 8.39. The van der Waals surface area contributed by atoms with Crippen molar-refractivity contribution in [3.63, 3.8) is 0 Å². The number of nitrogens with one attached hydrogen (secondary N) is 1. The number of hydrogen-bond donors (Lipinski definition) is 1. The Kier molecular flexibility index (Phi) is 5.64. The van der Waals surface area contributed by atoms with E-state index in [9.17, 15) is 4.79 Å². The van der Waals surface area contributed by atoms with Crippen molar-refractivity contribution in [2.45, 2.75) is 51.0 Å². The van der Waals surface area contributed by atoms with E-state index in [-0.39, 0.29) is 30.8 Å². The number of aromatic nitrogens is 2. The number of amides is 1. The number of hydrogen-bond acceptors (Lipinski definition) is 5. The number of aryl methyl sites for hydroxylation is 1. The average molecular weight is 323 g/mol. The molecule has 2 aliphatic rings. The lowest BCUT2D eigenvalue weighted by molar-refractivity contribution is -0.128. The van der Waals surface area contributed by atoms with Crippen LogP contribution in [0.3, 0.4) is 0 Å². The van der Waals surface area contributed by atoms with Gasteiger partial charge in [-0.25, -0.2) is 4.98 Å². The maximum absolute atomic E-state index is 12.1. The lowest BCUT2D eigenvalue weighted by Gasteiger charge is -2.20. The van der Waals surface area contributed by atoms with E-state index >= 15 is 0 Å². The molecule has 1 aromatic heterocycles. The van der Waals surface area contributed by atoms with Crippen molar-refractivity contribution in [3.8, 4) is 0 Å². The summed E-state index contributed by atoms with van der Waals surface area (Å²) >= 11 is 0. The van der Waals surface area contributed by atoms with Crippen molar-refractivity contribution in [1.82, 2.24) is 14.9 Å². The summed E-state index contributed by atoms with van der Waals surface area (Å²) in [7, 11) is 0. The summed E-state index contributed by atoms with van der Waals surface area (Å²) in [5.74, 6) is 0.758. The Morgan fingerprint density at radius 1 is 1.43 bits per heavy atom. The average Bonchev–Trinajstić information content (AvgIpc) is 3.28. The van der Waals surface area contributed by atoms with Crippen LogP contribution in [0.1, 0.15) is 38.1 Å². The van der Waals surface area contributed by atoms with E-state index in [1.807, 2.05) is 10.8 Å². The van der Waals surface area contributed by atoms with Crippen molar-refractivity contribution >= 4 is 5.91 Å². The highest BCUT2D eigenvalue weighted by atomic mass is 16.5. The SMILES string of the molecule is CCn1ccnc1[C@H]1OCC[C@@H]1NC(=O)COC[C@@H]1CCCO1. The molecule has 0 bridgehead atoms. The highest BCUT2D eigenvalue weighted by molar-refractivity contribution is 5.77. The number of ether oxygens (including phenoxy) is 3. The summed E-state index contributed by atoms with van der Waals surface area (Å²) in [6.07, 6.45) is 6.53. The molecular weight excluding hydrogens is 298 g/mol. The molecule has 0 aromatic carbocycles. The summed E-state index contributed by atoms with van der Waals surface area (Å²) < 4.78 is 18.8. The van der Waals surface area contributed by atoms with E-state index in [0.29, 0.717) is 13.2 Å². The van der Waals surface area contributed by atoms with Crippen molar-refractivity contribution in [3.05, 3.63) is 18.2 Å². The van der Waals surface area contributed by atoms with Crippen molar-refractivity contribution < 1.29 is 19.0 Å². The Morgan fingerprint density at radius 2 is 2.35 bits per heavy atom. The second-order valence-corrected chi connectivity index (χ2v) is 5.98. The van der Waals surface area contributed by atoms with Crippen LogP contribution in [0.4, 0.5) is 0 Å². The first-order valence-electron chi connectivity index (χ1n) is 8.39. The van der Waals surface area contributed by atoms with Gasteiger partial charge in [-0.15, -0.1) is 0 Å². The molecule has 23 heavy (non-hydrogen) atoms. The second kappa shape index (κ2) is 7.90. The summed E-state index contributed by atoms with van der Waals surface area (Å²) in [5, 5.41) is 3.01. The Balaban J connectivity index is 1.47. The molecular formula is C16H25N3O4. The van der Waals surface area contributed by atoms with Gasteiger partial charge in [-0.1, -0.05) is 0 Å². The van der Waals surface area contributed by atoms with Crippen molar-refractivity contribution in [1.29, 1.82) is 0 Å². The summed E-state index contributed by atoms with van der Waals surface area (Å²) in [4.78, 5) is 16.5. The molecule has 0 unspecified atom stereocenters. The van der Waals surface area contributed by atoms with Gasteiger partial charge in [-0.05, 0) is 26.2 Å². The quantitative estimate of drug-likeness (QED) is 0.812. The normalized spacial score (nSPS) is 27.4. The predicted molar refractivity (Wildman–Crippen MR) is 82.9 cm³/mol. The van der Waals surface area contributed by atoms with Gasteiger partial charge in [-0.3, -0.25) is 4.79 Å². The predicted octanol–water partition coefficient (Wildman–Crippen LogP) is 1.04. The van der Waals surface area contributed by atoms with Gasteiger partial charge >= 0.3 is 0 Å². The summed E-state index contributed by atoms with van der Waals surface area (Å²) in [6.45, 7) is 4.87. The number of carbonyl (C=O) groups excluding carboxylic acids is 1. The van der Waals surface area contributed by atoms with Crippen molar-refractivity contribution in [2.75, 3.05) is 26.4 Å². The standard InChI is InChI=1S/C16H25N3O4/c1-2-19-7-6-17-16(19)15-13(5-9-23-15)18-14(20)11-21-10-12-4-3-8-22-12/h6-7,12-13,15H,2-5,8-11H2,1H3,(H,18,20)/t12-,13-,15-/m0/s1. The highest BCUT2D eigenvalue weighted by Crippen LogP contribution is 2.28. The van der Waals surface area contributed by atoms with E-state index in [4.69, 9.17) is 14.2 Å². The minimum atomic E-state index is -0.188. The molecule has 7 heteroatoms. The third-order valence-electron chi connectivity index (χ3n) is 4.34. The molecule has 2 fully saturated rings. The minimum Gasteiger partial charge on any atom is -0.376 e. The smallest absolute Gasteiger partial charge is 0.246 e. The molecule has 128 valence electrons. The van der Waals surface area contributed by atoms with Gasteiger partial charge in [0.1, 0.15) is 18.5 Å².